The third-order valence-electron chi connectivity index (χ3n) is 4.02. The number of nitriles is 1. The summed E-state index contributed by atoms with van der Waals surface area (Å²) in [5, 5.41) is 11.4. The molecule has 0 radical (unpaired) electrons. The molecular formula is C19H17N3O. The van der Waals surface area contributed by atoms with Crippen molar-refractivity contribution < 1.29 is 4.79 Å². The molecule has 23 heavy (non-hydrogen) atoms. The van der Waals surface area contributed by atoms with Gasteiger partial charge in [-0.25, -0.2) is 5.01 Å². The van der Waals surface area contributed by atoms with Crippen molar-refractivity contribution in [1.82, 2.24) is 10.4 Å². The molecule has 0 aromatic heterocycles. The third kappa shape index (κ3) is 3.01. The Morgan fingerprint density at radius 3 is 2.30 bits per heavy atom. The maximum atomic E-state index is 12.6. The summed E-state index contributed by atoms with van der Waals surface area (Å²) >= 11 is 0. The average Bonchev–Trinajstić information content (AvgIpc) is 2.73. The van der Waals surface area contributed by atoms with Crippen LogP contribution in [0.4, 0.5) is 0 Å². The second kappa shape index (κ2) is 6.47. The first kappa shape index (κ1) is 15.0. The zero-order valence-corrected chi connectivity index (χ0v) is 12.9. The van der Waals surface area contributed by atoms with Gasteiger partial charge in [-0.3, -0.25) is 4.79 Å². The van der Waals surface area contributed by atoms with Crippen molar-refractivity contribution in [1.29, 1.82) is 5.26 Å². The van der Waals surface area contributed by atoms with Gasteiger partial charge in [-0.1, -0.05) is 60.7 Å². The number of Topliss-reactive ketones (excluding diaryl/α,β-unsaturated/α-hetero) is 1. The van der Waals surface area contributed by atoms with Crippen LogP contribution in [0.5, 0.6) is 0 Å². The summed E-state index contributed by atoms with van der Waals surface area (Å²) in [4.78, 5) is 12.6. The lowest BCUT2D eigenvalue weighted by Gasteiger charge is -2.27. The summed E-state index contributed by atoms with van der Waals surface area (Å²) in [6.45, 7) is 0. The number of ketones is 1. The number of hydrogen-bond acceptors (Lipinski definition) is 4. The van der Waals surface area contributed by atoms with Crippen molar-refractivity contribution >= 4 is 11.5 Å². The molecule has 0 aliphatic carbocycles. The van der Waals surface area contributed by atoms with Crippen LogP contribution in [-0.4, -0.2) is 17.8 Å². The summed E-state index contributed by atoms with van der Waals surface area (Å²) < 4.78 is 0. The van der Waals surface area contributed by atoms with E-state index < -0.39 is 0 Å². The van der Waals surface area contributed by atoms with E-state index in [9.17, 15) is 10.1 Å². The van der Waals surface area contributed by atoms with Gasteiger partial charge in [-0.15, -0.1) is 0 Å². The quantitative estimate of drug-likeness (QED) is 0.926. The molecule has 1 aliphatic heterocycles. The van der Waals surface area contributed by atoms with Crippen LogP contribution in [0.1, 0.15) is 23.6 Å². The molecule has 0 saturated carbocycles. The molecule has 0 unspecified atom stereocenters. The number of hydrogen-bond donors (Lipinski definition) is 1. The molecule has 4 heteroatoms. The van der Waals surface area contributed by atoms with E-state index in [0.717, 1.165) is 11.1 Å². The number of rotatable bonds is 2. The van der Waals surface area contributed by atoms with Gasteiger partial charge >= 0.3 is 0 Å². The van der Waals surface area contributed by atoms with Crippen LogP contribution in [0.15, 0.2) is 66.2 Å². The van der Waals surface area contributed by atoms with E-state index in [1.807, 2.05) is 72.7 Å². The van der Waals surface area contributed by atoms with Crippen molar-refractivity contribution in [3.05, 3.63) is 77.4 Å². The van der Waals surface area contributed by atoms with E-state index in [1.54, 1.807) is 0 Å². The molecule has 4 nitrogen and oxygen atoms in total. The van der Waals surface area contributed by atoms with Crippen LogP contribution in [-0.2, 0) is 4.79 Å². The maximum Gasteiger partial charge on any atom is 0.177 e. The number of nitrogens with one attached hydrogen (secondary N) is 1. The van der Waals surface area contributed by atoms with Gasteiger partial charge in [0.15, 0.2) is 5.78 Å². The Balaban J connectivity index is 2.02. The minimum absolute atomic E-state index is 0.117. The minimum Gasteiger partial charge on any atom is -0.317 e. The number of carbonyl (C=O) groups is 1. The highest BCUT2D eigenvalue weighted by Crippen LogP contribution is 2.30. The Morgan fingerprint density at radius 2 is 1.70 bits per heavy atom. The molecule has 0 fully saturated rings. The van der Waals surface area contributed by atoms with Gasteiger partial charge in [-0.2, -0.15) is 5.26 Å². The molecule has 3 rings (SSSR count). The number of allylic oxidation sites excluding steroid dienone is 1. The third-order valence-corrected chi connectivity index (χ3v) is 4.02. The zero-order valence-electron chi connectivity index (χ0n) is 12.9. The van der Waals surface area contributed by atoms with E-state index in [1.165, 1.54) is 0 Å². The first-order valence-electron chi connectivity index (χ1n) is 7.48. The monoisotopic (exact) mass is 303 g/mol. The highest BCUT2D eigenvalue weighted by atomic mass is 16.1. The van der Waals surface area contributed by atoms with Crippen molar-refractivity contribution in [3.8, 4) is 6.07 Å². The molecule has 0 amide bonds. The number of carbonyl (C=O) groups excluding carboxylic acids is 1. The fourth-order valence-electron chi connectivity index (χ4n) is 2.81. The normalized spacial score (nSPS) is 19.0. The fraction of sp³-hybridized carbons (Fsp3) is 0.158. The molecule has 2 aromatic carbocycles. The molecule has 0 saturated heterocycles. The first-order valence-corrected chi connectivity index (χ1v) is 7.48. The van der Waals surface area contributed by atoms with Gasteiger partial charge in [0.25, 0.3) is 0 Å². The van der Waals surface area contributed by atoms with E-state index in [4.69, 9.17) is 0 Å². The second-order valence-corrected chi connectivity index (χ2v) is 5.50. The van der Waals surface area contributed by atoms with Crippen molar-refractivity contribution in [2.75, 3.05) is 7.05 Å². The Bertz CT molecular complexity index is 775. The van der Waals surface area contributed by atoms with Crippen molar-refractivity contribution in [2.45, 2.75) is 12.5 Å². The molecule has 0 spiro atoms. The molecule has 1 N–H and O–H groups in total. The Kier molecular flexibility index (Phi) is 4.22. The highest BCUT2D eigenvalue weighted by molar-refractivity contribution is 6.06. The van der Waals surface area contributed by atoms with E-state index in [2.05, 4.69) is 11.5 Å². The van der Waals surface area contributed by atoms with E-state index in [0.29, 0.717) is 5.70 Å². The van der Waals surface area contributed by atoms with Gasteiger partial charge in [0.1, 0.15) is 11.6 Å². The lowest BCUT2D eigenvalue weighted by Crippen LogP contribution is -2.35. The molecule has 2 aromatic rings. The predicted octanol–water partition coefficient (Wildman–Crippen LogP) is 3.07. The van der Waals surface area contributed by atoms with Crippen molar-refractivity contribution in [3.63, 3.8) is 0 Å². The van der Waals surface area contributed by atoms with Crippen LogP contribution in [0.3, 0.4) is 0 Å². The molecule has 1 heterocycles. The number of benzene rings is 2. The number of nitrogens with zero attached hydrogens (tertiary/aromatic N) is 2. The van der Waals surface area contributed by atoms with Crippen molar-refractivity contribution in [2.24, 2.45) is 0 Å². The lowest BCUT2D eigenvalue weighted by atomic mass is 9.97. The Labute approximate surface area is 135 Å². The maximum absolute atomic E-state index is 12.6. The van der Waals surface area contributed by atoms with Crippen LogP contribution in [0, 0.1) is 11.3 Å². The van der Waals surface area contributed by atoms with E-state index in [-0.39, 0.29) is 23.8 Å². The smallest absolute Gasteiger partial charge is 0.177 e. The molecule has 1 atom stereocenters. The predicted molar refractivity (Wildman–Crippen MR) is 88.7 cm³/mol. The van der Waals surface area contributed by atoms with Crippen LogP contribution in [0.25, 0.3) is 5.70 Å². The van der Waals surface area contributed by atoms with Gasteiger partial charge in [0, 0.05) is 19.0 Å². The molecule has 0 bridgehead atoms. The van der Waals surface area contributed by atoms with Gasteiger partial charge < -0.3 is 5.43 Å². The van der Waals surface area contributed by atoms with E-state index >= 15 is 0 Å². The molecular weight excluding hydrogens is 286 g/mol. The Hall–Kier alpha value is -2.90. The van der Waals surface area contributed by atoms with Gasteiger partial charge in [0.05, 0.1) is 11.7 Å². The summed E-state index contributed by atoms with van der Waals surface area (Å²) in [5.74, 6) is -0.142. The largest absolute Gasteiger partial charge is 0.317 e. The average molecular weight is 303 g/mol. The SMILES string of the molecule is CN1NC(c2ccccc2)=C(C#N)C(=O)C[C@H]1c1ccccc1. The highest BCUT2D eigenvalue weighted by Gasteiger charge is 2.29. The summed E-state index contributed by atoms with van der Waals surface area (Å²) in [6, 6.07) is 21.3. The van der Waals surface area contributed by atoms with Gasteiger partial charge in [0.2, 0.25) is 0 Å². The summed E-state index contributed by atoms with van der Waals surface area (Å²) in [6.07, 6.45) is 0.271. The first-order chi connectivity index (χ1) is 11.2. The topological polar surface area (TPSA) is 56.1 Å². The second-order valence-electron chi connectivity index (χ2n) is 5.50. The standard InChI is InChI=1S/C19H17N3O/c1-22-17(14-8-4-2-5-9-14)12-18(23)16(13-20)19(21-22)15-10-6-3-7-11-15/h2-11,17,21H,12H2,1H3/t17-/m0/s1. The number of hydrazine groups is 1. The fourth-order valence-corrected chi connectivity index (χ4v) is 2.81. The lowest BCUT2D eigenvalue weighted by molar-refractivity contribution is -0.116. The van der Waals surface area contributed by atoms with Crippen LogP contribution in [0.2, 0.25) is 0 Å². The van der Waals surface area contributed by atoms with Crippen LogP contribution >= 0.6 is 0 Å². The molecule has 114 valence electrons. The molecule has 1 aliphatic rings. The Morgan fingerprint density at radius 1 is 1.09 bits per heavy atom. The summed E-state index contributed by atoms with van der Waals surface area (Å²) in [5.41, 5.74) is 5.87. The van der Waals surface area contributed by atoms with Crippen LogP contribution < -0.4 is 5.43 Å². The van der Waals surface area contributed by atoms with Gasteiger partial charge in [-0.05, 0) is 5.56 Å². The minimum atomic E-state index is -0.142. The zero-order chi connectivity index (χ0) is 16.2. The summed E-state index contributed by atoms with van der Waals surface area (Å²) in [7, 11) is 1.90.